The number of hydrogen-bond acceptors (Lipinski definition) is 6. The Hall–Kier alpha value is -2.32. The lowest BCUT2D eigenvalue weighted by Crippen LogP contribution is -2.50. The van der Waals surface area contributed by atoms with Crippen LogP contribution in [-0.4, -0.2) is 75.4 Å². The number of hydrogen-bond donors (Lipinski definition) is 0. The number of carbonyl (C=O) groups excluding carboxylic acids is 1. The molecule has 1 saturated heterocycles. The van der Waals surface area contributed by atoms with Gasteiger partial charge in [0.15, 0.2) is 10.8 Å². The van der Waals surface area contributed by atoms with Gasteiger partial charge in [0.25, 0.3) is 0 Å². The average molecular weight is 414 g/mol. The van der Waals surface area contributed by atoms with Crippen LogP contribution in [-0.2, 0) is 4.79 Å². The fourth-order valence-electron chi connectivity index (χ4n) is 3.86. The fraction of sp³-hybridized carbons (Fsp3) is 0.476. The van der Waals surface area contributed by atoms with Crippen molar-refractivity contribution in [1.29, 1.82) is 0 Å². The molecule has 0 saturated carbocycles. The van der Waals surface area contributed by atoms with Gasteiger partial charge < -0.3 is 14.5 Å². The highest BCUT2D eigenvalue weighted by molar-refractivity contribution is 8.00. The largest absolute Gasteiger partial charge is 0.497 e. The normalized spacial score (nSPS) is 16.5. The van der Waals surface area contributed by atoms with Gasteiger partial charge in [-0.1, -0.05) is 18.7 Å². The Morgan fingerprint density at radius 1 is 1.21 bits per heavy atom. The van der Waals surface area contributed by atoms with Crippen LogP contribution in [0.4, 0.5) is 0 Å². The standard InChI is InChI=1S/C21H27N5O2S/c1-5-24-8-10-25(11-9-24)20(27)15(3)29-21-23-22-19-12-14(2)17-7-6-16(28-4)13-18(17)26(19)21/h6-7,12-13,15H,5,8-11H2,1-4H3. The quantitative estimate of drug-likeness (QED) is 0.600. The predicted octanol–water partition coefficient (Wildman–Crippen LogP) is 2.84. The first-order valence-corrected chi connectivity index (χ1v) is 10.9. The molecule has 1 amide bonds. The summed E-state index contributed by atoms with van der Waals surface area (Å²) >= 11 is 1.47. The maximum absolute atomic E-state index is 13.0. The molecule has 3 heterocycles. The molecule has 1 aromatic carbocycles. The van der Waals surface area contributed by atoms with Crippen molar-refractivity contribution in [2.24, 2.45) is 0 Å². The second-order valence-electron chi connectivity index (χ2n) is 7.41. The van der Waals surface area contributed by atoms with Crippen LogP contribution in [0.2, 0.25) is 0 Å². The molecule has 3 aromatic rings. The minimum absolute atomic E-state index is 0.163. The molecule has 1 atom stereocenters. The van der Waals surface area contributed by atoms with E-state index in [0.717, 1.165) is 65.7 Å². The van der Waals surface area contributed by atoms with Crippen molar-refractivity contribution in [1.82, 2.24) is 24.4 Å². The molecule has 1 unspecified atom stereocenters. The Kier molecular flexibility index (Phi) is 5.65. The second-order valence-corrected chi connectivity index (χ2v) is 8.71. The monoisotopic (exact) mass is 413 g/mol. The second kappa shape index (κ2) is 8.20. The SMILES string of the molecule is CCN1CCN(C(=O)C(C)Sc2nnc3cc(C)c4ccc(OC)cc4n23)CC1. The lowest BCUT2D eigenvalue weighted by Gasteiger charge is -2.35. The molecule has 0 bridgehead atoms. The van der Waals surface area contributed by atoms with Gasteiger partial charge in [0.1, 0.15) is 5.75 Å². The van der Waals surface area contributed by atoms with E-state index in [9.17, 15) is 4.79 Å². The molecular weight excluding hydrogens is 386 g/mol. The molecule has 1 aliphatic heterocycles. The number of pyridine rings is 1. The van der Waals surface area contributed by atoms with Gasteiger partial charge in [-0.2, -0.15) is 0 Å². The zero-order valence-corrected chi connectivity index (χ0v) is 18.2. The van der Waals surface area contributed by atoms with E-state index in [1.54, 1.807) is 7.11 Å². The number of fused-ring (bicyclic) bond motifs is 3. The maximum Gasteiger partial charge on any atom is 0.235 e. The van der Waals surface area contributed by atoms with Gasteiger partial charge in [-0.05, 0) is 44.2 Å². The van der Waals surface area contributed by atoms with Gasteiger partial charge in [0, 0.05) is 37.6 Å². The van der Waals surface area contributed by atoms with Crippen molar-refractivity contribution >= 4 is 34.2 Å². The fourth-order valence-corrected chi connectivity index (χ4v) is 4.81. The summed E-state index contributed by atoms with van der Waals surface area (Å²) < 4.78 is 7.44. The van der Waals surface area contributed by atoms with Crippen LogP contribution in [0.25, 0.3) is 16.6 Å². The number of aryl methyl sites for hydroxylation is 1. The Morgan fingerprint density at radius 2 is 1.97 bits per heavy atom. The molecule has 29 heavy (non-hydrogen) atoms. The van der Waals surface area contributed by atoms with E-state index >= 15 is 0 Å². The van der Waals surface area contributed by atoms with Crippen molar-refractivity contribution in [2.75, 3.05) is 39.8 Å². The lowest BCUT2D eigenvalue weighted by molar-refractivity contribution is -0.132. The summed E-state index contributed by atoms with van der Waals surface area (Å²) in [6, 6.07) is 8.04. The van der Waals surface area contributed by atoms with Crippen LogP contribution in [0.5, 0.6) is 5.75 Å². The number of likely N-dealkylation sites (N-methyl/N-ethyl adjacent to an activating group) is 1. The number of benzene rings is 1. The van der Waals surface area contributed by atoms with Gasteiger partial charge in [0.2, 0.25) is 5.91 Å². The number of piperazine rings is 1. The summed E-state index contributed by atoms with van der Waals surface area (Å²) in [7, 11) is 1.66. The van der Waals surface area contributed by atoms with Gasteiger partial charge in [-0.15, -0.1) is 10.2 Å². The van der Waals surface area contributed by atoms with E-state index < -0.39 is 0 Å². The third-order valence-corrected chi connectivity index (χ3v) is 6.67. The Morgan fingerprint density at radius 3 is 2.66 bits per heavy atom. The molecule has 154 valence electrons. The van der Waals surface area contributed by atoms with E-state index in [2.05, 4.69) is 35.0 Å². The van der Waals surface area contributed by atoms with Crippen LogP contribution in [0.3, 0.4) is 0 Å². The van der Waals surface area contributed by atoms with E-state index in [-0.39, 0.29) is 11.2 Å². The van der Waals surface area contributed by atoms with E-state index in [1.807, 2.05) is 34.4 Å². The van der Waals surface area contributed by atoms with Crippen molar-refractivity contribution < 1.29 is 9.53 Å². The summed E-state index contributed by atoms with van der Waals surface area (Å²) in [5.74, 6) is 0.948. The zero-order chi connectivity index (χ0) is 20.5. The van der Waals surface area contributed by atoms with Crippen LogP contribution >= 0.6 is 11.8 Å². The van der Waals surface area contributed by atoms with Gasteiger partial charge >= 0.3 is 0 Å². The van der Waals surface area contributed by atoms with Crippen molar-refractivity contribution in [3.8, 4) is 5.75 Å². The number of amides is 1. The maximum atomic E-state index is 13.0. The number of nitrogens with zero attached hydrogens (tertiary/aromatic N) is 5. The summed E-state index contributed by atoms with van der Waals surface area (Å²) in [6.45, 7) is 10.7. The van der Waals surface area contributed by atoms with E-state index in [4.69, 9.17) is 4.74 Å². The van der Waals surface area contributed by atoms with Crippen molar-refractivity contribution in [2.45, 2.75) is 31.2 Å². The number of thioether (sulfide) groups is 1. The number of carbonyl (C=O) groups is 1. The molecule has 0 N–H and O–H groups in total. The minimum Gasteiger partial charge on any atom is -0.497 e. The molecule has 4 rings (SSSR count). The summed E-state index contributed by atoms with van der Waals surface area (Å²) in [4.78, 5) is 17.3. The molecule has 0 radical (unpaired) electrons. The Labute approximate surface area is 175 Å². The average Bonchev–Trinajstić information content (AvgIpc) is 3.15. The van der Waals surface area contributed by atoms with Gasteiger partial charge in [0.05, 0.1) is 17.9 Å². The van der Waals surface area contributed by atoms with Crippen LogP contribution < -0.4 is 4.74 Å². The Bertz CT molecular complexity index is 1040. The summed E-state index contributed by atoms with van der Waals surface area (Å²) in [5, 5.41) is 10.4. The molecular formula is C21H27N5O2S. The molecule has 2 aromatic heterocycles. The first-order chi connectivity index (χ1) is 14.0. The van der Waals surface area contributed by atoms with Crippen molar-refractivity contribution in [3.63, 3.8) is 0 Å². The molecule has 0 aliphatic carbocycles. The molecule has 0 spiro atoms. The van der Waals surface area contributed by atoms with E-state index in [0.29, 0.717) is 0 Å². The van der Waals surface area contributed by atoms with Crippen LogP contribution in [0.1, 0.15) is 19.4 Å². The third-order valence-electron chi connectivity index (χ3n) is 5.64. The predicted molar refractivity (Wildman–Crippen MR) is 116 cm³/mol. The molecule has 1 fully saturated rings. The Balaban J connectivity index is 1.62. The first kappa shape index (κ1) is 20.0. The molecule has 7 nitrogen and oxygen atoms in total. The van der Waals surface area contributed by atoms with Crippen molar-refractivity contribution in [3.05, 3.63) is 29.8 Å². The topological polar surface area (TPSA) is 63.0 Å². The minimum atomic E-state index is -0.225. The van der Waals surface area contributed by atoms with Crippen LogP contribution in [0, 0.1) is 6.92 Å². The van der Waals surface area contributed by atoms with Gasteiger partial charge in [-0.3, -0.25) is 9.20 Å². The highest BCUT2D eigenvalue weighted by Gasteiger charge is 2.26. The molecule has 1 aliphatic rings. The van der Waals surface area contributed by atoms with Gasteiger partial charge in [-0.25, -0.2) is 0 Å². The summed E-state index contributed by atoms with van der Waals surface area (Å²) in [5.41, 5.74) is 2.90. The molecule has 8 heteroatoms. The highest BCUT2D eigenvalue weighted by atomic mass is 32.2. The highest BCUT2D eigenvalue weighted by Crippen LogP contribution is 2.30. The smallest absolute Gasteiger partial charge is 0.235 e. The number of rotatable bonds is 5. The first-order valence-electron chi connectivity index (χ1n) is 10.0. The lowest BCUT2D eigenvalue weighted by atomic mass is 10.1. The number of aromatic nitrogens is 3. The van der Waals surface area contributed by atoms with E-state index in [1.165, 1.54) is 11.8 Å². The third kappa shape index (κ3) is 3.79. The number of ether oxygens (including phenoxy) is 1. The zero-order valence-electron chi connectivity index (χ0n) is 17.4. The number of methoxy groups -OCH3 is 1. The summed E-state index contributed by atoms with van der Waals surface area (Å²) in [6.07, 6.45) is 0. The van der Waals surface area contributed by atoms with Crippen LogP contribution in [0.15, 0.2) is 29.4 Å².